The van der Waals surface area contributed by atoms with E-state index >= 15 is 0 Å². The van der Waals surface area contributed by atoms with Gasteiger partial charge in [0.05, 0.1) is 10.6 Å². The first-order chi connectivity index (χ1) is 16.3. The van der Waals surface area contributed by atoms with Crippen LogP contribution in [0.1, 0.15) is 49.4 Å². The van der Waals surface area contributed by atoms with Gasteiger partial charge in [-0.15, -0.1) is 11.3 Å². The Bertz CT molecular complexity index is 1270. The summed E-state index contributed by atoms with van der Waals surface area (Å²) >= 11 is 1.10. The van der Waals surface area contributed by atoms with Crippen molar-refractivity contribution in [2.45, 2.75) is 50.0 Å². The number of carbonyl (C=O) groups excluding carboxylic acids is 1. The molecule has 1 aromatic heterocycles. The van der Waals surface area contributed by atoms with E-state index in [4.69, 9.17) is 0 Å². The standard InChI is InChI=1S/C24H25F2N3O3S2/c1-2-29(18-6-4-3-5-7-18)34(31,32)19-11-8-16(9-12-19)23(30)28-24-27-22(15-33-24)20-13-10-17(25)14-21(20)26/h8-15,18H,2-7H2,1H3,(H,27,28,30). The molecule has 1 aliphatic rings. The number of aromatic nitrogens is 1. The Kier molecular flexibility index (Phi) is 7.39. The van der Waals surface area contributed by atoms with E-state index in [-0.39, 0.29) is 32.9 Å². The largest absolute Gasteiger partial charge is 0.298 e. The van der Waals surface area contributed by atoms with Gasteiger partial charge in [-0.05, 0) is 49.2 Å². The summed E-state index contributed by atoms with van der Waals surface area (Å²) in [6.45, 7) is 2.24. The number of thiazole rings is 1. The molecule has 0 spiro atoms. The second kappa shape index (κ2) is 10.3. The van der Waals surface area contributed by atoms with Gasteiger partial charge in [0.15, 0.2) is 5.13 Å². The average Bonchev–Trinajstić information content (AvgIpc) is 3.28. The van der Waals surface area contributed by atoms with E-state index in [0.29, 0.717) is 6.54 Å². The number of benzene rings is 2. The quantitative estimate of drug-likeness (QED) is 0.448. The lowest BCUT2D eigenvalue weighted by atomic mass is 9.95. The number of hydrogen-bond acceptors (Lipinski definition) is 5. The van der Waals surface area contributed by atoms with Crippen molar-refractivity contribution in [3.05, 3.63) is 65.0 Å². The molecule has 0 saturated heterocycles. The zero-order valence-corrected chi connectivity index (χ0v) is 20.3. The fraction of sp³-hybridized carbons (Fsp3) is 0.333. The van der Waals surface area contributed by atoms with Crippen LogP contribution in [0.15, 0.2) is 52.7 Å². The van der Waals surface area contributed by atoms with Gasteiger partial charge in [0.2, 0.25) is 10.0 Å². The van der Waals surface area contributed by atoms with Crippen molar-refractivity contribution in [3.8, 4) is 11.3 Å². The third kappa shape index (κ3) is 5.18. The molecule has 0 bridgehead atoms. The van der Waals surface area contributed by atoms with Crippen LogP contribution >= 0.6 is 11.3 Å². The highest BCUT2D eigenvalue weighted by molar-refractivity contribution is 7.89. The highest BCUT2D eigenvalue weighted by atomic mass is 32.2. The second-order valence-corrected chi connectivity index (χ2v) is 10.9. The van der Waals surface area contributed by atoms with Crippen LogP contribution in [0.25, 0.3) is 11.3 Å². The third-order valence-corrected chi connectivity index (χ3v) is 8.75. The normalized spacial score (nSPS) is 14.9. The molecule has 1 saturated carbocycles. The van der Waals surface area contributed by atoms with Gasteiger partial charge in [-0.2, -0.15) is 4.31 Å². The number of sulfonamides is 1. The van der Waals surface area contributed by atoms with Crippen molar-refractivity contribution in [2.24, 2.45) is 0 Å². The Balaban J connectivity index is 1.46. The molecule has 0 radical (unpaired) electrons. The number of anilines is 1. The molecule has 10 heteroatoms. The van der Waals surface area contributed by atoms with E-state index in [0.717, 1.165) is 55.6 Å². The zero-order chi connectivity index (χ0) is 24.3. The van der Waals surface area contributed by atoms with Crippen molar-refractivity contribution >= 4 is 32.4 Å². The molecule has 1 fully saturated rings. The first-order valence-corrected chi connectivity index (χ1v) is 13.5. The molecule has 0 aliphatic heterocycles. The molecular formula is C24H25F2N3O3S2. The molecule has 1 amide bonds. The summed E-state index contributed by atoms with van der Waals surface area (Å²) < 4.78 is 55.1. The fourth-order valence-electron chi connectivity index (χ4n) is 4.23. The van der Waals surface area contributed by atoms with Crippen LogP contribution in [0.3, 0.4) is 0 Å². The number of hydrogen-bond donors (Lipinski definition) is 1. The summed E-state index contributed by atoms with van der Waals surface area (Å²) in [6, 6.07) is 9.02. The van der Waals surface area contributed by atoms with Crippen molar-refractivity contribution in [1.29, 1.82) is 0 Å². The van der Waals surface area contributed by atoms with Crippen LogP contribution in [-0.4, -0.2) is 36.2 Å². The molecule has 4 rings (SSSR count). The highest BCUT2D eigenvalue weighted by Gasteiger charge is 2.31. The number of nitrogens with one attached hydrogen (secondary N) is 1. The third-order valence-electron chi connectivity index (χ3n) is 5.95. The van der Waals surface area contributed by atoms with Gasteiger partial charge in [-0.3, -0.25) is 10.1 Å². The van der Waals surface area contributed by atoms with Crippen molar-refractivity contribution in [3.63, 3.8) is 0 Å². The van der Waals surface area contributed by atoms with E-state index in [2.05, 4.69) is 10.3 Å². The summed E-state index contributed by atoms with van der Waals surface area (Å²) in [5.41, 5.74) is 0.678. The summed E-state index contributed by atoms with van der Waals surface area (Å²) in [5, 5.41) is 4.44. The van der Waals surface area contributed by atoms with Gasteiger partial charge in [0.1, 0.15) is 11.6 Å². The van der Waals surface area contributed by atoms with Gasteiger partial charge >= 0.3 is 0 Å². The highest BCUT2D eigenvalue weighted by Crippen LogP contribution is 2.29. The molecule has 1 aliphatic carbocycles. The van der Waals surface area contributed by atoms with Gasteiger partial charge < -0.3 is 0 Å². The van der Waals surface area contributed by atoms with E-state index in [1.165, 1.54) is 30.3 Å². The Morgan fingerprint density at radius 2 is 1.82 bits per heavy atom. The summed E-state index contributed by atoms with van der Waals surface area (Å²) in [7, 11) is -3.66. The first kappa shape index (κ1) is 24.4. The number of carbonyl (C=O) groups is 1. The molecule has 3 aromatic rings. The molecular weight excluding hydrogens is 480 g/mol. The maximum absolute atomic E-state index is 14.0. The summed E-state index contributed by atoms with van der Waals surface area (Å²) in [4.78, 5) is 17.0. The van der Waals surface area contributed by atoms with Crippen LogP contribution < -0.4 is 5.32 Å². The van der Waals surface area contributed by atoms with Crippen molar-refractivity contribution < 1.29 is 22.0 Å². The maximum atomic E-state index is 14.0. The monoisotopic (exact) mass is 505 g/mol. The number of nitrogens with zero attached hydrogens (tertiary/aromatic N) is 2. The van der Waals surface area contributed by atoms with Crippen LogP contribution in [0.2, 0.25) is 0 Å². The average molecular weight is 506 g/mol. The first-order valence-electron chi connectivity index (χ1n) is 11.1. The van der Waals surface area contributed by atoms with Gasteiger partial charge in [0.25, 0.3) is 5.91 Å². The van der Waals surface area contributed by atoms with Gasteiger partial charge in [0, 0.05) is 35.2 Å². The Labute approximate surface area is 201 Å². The molecule has 180 valence electrons. The Morgan fingerprint density at radius 3 is 2.47 bits per heavy atom. The maximum Gasteiger partial charge on any atom is 0.257 e. The number of rotatable bonds is 7. The van der Waals surface area contributed by atoms with E-state index in [1.54, 1.807) is 9.69 Å². The lowest BCUT2D eigenvalue weighted by molar-refractivity contribution is 0.102. The van der Waals surface area contributed by atoms with E-state index < -0.39 is 27.6 Å². The topological polar surface area (TPSA) is 79.4 Å². The lowest BCUT2D eigenvalue weighted by Gasteiger charge is -2.32. The van der Waals surface area contributed by atoms with Gasteiger partial charge in [-0.25, -0.2) is 22.2 Å². The molecule has 2 aromatic carbocycles. The molecule has 6 nitrogen and oxygen atoms in total. The Hall–Kier alpha value is -2.69. The molecule has 1 N–H and O–H groups in total. The summed E-state index contributed by atoms with van der Waals surface area (Å²) in [6.07, 6.45) is 4.93. The van der Waals surface area contributed by atoms with Crippen LogP contribution in [0, 0.1) is 11.6 Å². The second-order valence-electron chi connectivity index (χ2n) is 8.14. The SMILES string of the molecule is CCN(C1CCCCC1)S(=O)(=O)c1ccc(C(=O)Nc2nc(-c3ccc(F)cc3F)cs2)cc1. The molecule has 0 atom stereocenters. The minimum absolute atomic E-state index is 0.0109. The van der Waals surface area contributed by atoms with Crippen LogP contribution in [0.5, 0.6) is 0 Å². The lowest BCUT2D eigenvalue weighted by Crippen LogP contribution is -2.41. The minimum Gasteiger partial charge on any atom is -0.298 e. The minimum atomic E-state index is -3.66. The zero-order valence-electron chi connectivity index (χ0n) is 18.6. The predicted octanol–water partition coefficient (Wildman–Crippen LogP) is 5.68. The smallest absolute Gasteiger partial charge is 0.257 e. The number of halogens is 2. The van der Waals surface area contributed by atoms with Crippen LogP contribution in [0.4, 0.5) is 13.9 Å². The Morgan fingerprint density at radius 1 is 1.12 bits per heavy atom. The predicted molar refractivity (Wildman–Crippen MR) is 128 cm³/mol. The molecule has 34 heavy (non-hydrogen) atoms. The summed E-state index contributed by atoms with van der Waals surface area (Å²) in [5.74, 6) is -1.89. The molecule has 1 heterocycles. The van der Waals surface area contributed by atoms with E-state index in [1.807, 2.05) is 6.92 Å². The van der Waals surface area contributed by atoms with Crippen molar-refractivity contribution in [1.82, 2.24) is 9.29 Å². The fourth-order valence-corrected chi connectivity index (χ4v) is 6.63. The van der Waals surface area contributed by atoms with Crippen molar-refractivity contribution in [2.75, 3.05) is 11.9 Å². The number of amides is 1. The molecule has 0 unspecified atom stereocenters. The van der Waals surface area contributed by atoms with Gasteiger partial charge in [-0.1, -0.05) is 26.2 Å². The van der Waals surface area contributed by atoms with Crippen LogP contribution in [-0.2, 0) is 10.0 Å². The van der Waals surface area contributed by atoms with E-state index in [9.17, 15) is 22.0 Å².